The zero-order chi connectivity index (χ0) is 6.41. The Kier molecular flexibility index (Phi) is 3.94. The molecule has 0 aromatic rings. The van der Waals surface area contributed by atoms with Gasteiger partial charge in [-0.05, 0) is 6.42 Å². The van der Waals surface area contributed by atoms with Crippen LogP contribution in [0.5, 0.6) is 0 Å². The Labute approximate surface area is 48.8 Å². The van der Waals surface area contributed by atoms with Crippen LogP contribution in [-0.2, 0) is 9.90 Å². The van der Waals surface area contributed by atoms with Crippen LogP contribution in [0.25, 0.3) is 0 Å². The fourth-order valence-corrected chi connectivity index (χ4v) is 0.346. The second-order valence-corrected chi connectivity index (χ2v) is 1.46. The molecule has 8 heavy (non-hydrogen) atoms. The minimum atomic E-state index is -1.02. The Balaban J connectivity index is 3.16. The maximum Gasteiger partial charge on any atom is 0.359 e. The molecule has 0 aromatic carbocycles. The summed E-state index contributed by atoms with van der Waals surface area (Å²) in [5.41, 5.74) is 0. The van der Waals surface area contributed by atoms with E-state index in [2.05, 4.69) is 0 Å². The lowest BCUT2D eigenvalue weighted by Crippen LogP contribution is -1.86. The molecule has 0 saturated carbocycles. The zero-order valence-electron chi connectivity index (χ0n) is 4.89. The molecule has 0 unspecified atom stereocenters. The molecule has 0 amide bonds. The first-order valence-electron chi connectivity index (χ1n) is 2.62. The Morgan fingerprint density at radius 1 is 1.50 bits per heavy atom. The van der Waals surface area contributed by atoms with Crippen molar-refractivity contribution in [2.24, 2.45) is 0 Å². The highest BCUT2D eigenvalue weighted by atomic mass is 16.4. The SMILES string of the molecule is CC/C=C/CC([O])=O. The molecule has 0 atom stereocenters. The fourth-order valence-electron chi connectivity index (χ4n) is 0.346. The second-order valence-electron chi connectivity index (χ2n) is 1.46. The number of hydrogen-bond acceptors (Lipinski definition) is 1. The number of carbonyl (C=O) groups is 1. The van der Waals surface area contributed by atoms with Crippen molar-refractivity contribution in [3.63, 3.8) is 0 Å². The van der Waals surface area contributed by atoms with Crippen LogP contribution < -0.4 is 0 Å². The smallest absolute Gasteiger partial charge is 0.247 e. The summed E-state index contributed by atoms with van der Waals surface area (Å²) in [5, 5.41) is 9.71. The van der Waals surface area contributed by atoms with E-state index in [1.165, 1.54) is 0 Å². The molecule has 0 rings (SSSR count). The van der Waals surface area contributed by atoms with E-state index in [0.29, 0.717) is 0 Å². The third-order valence-electron chi connectivity index (χ3n) is 0.687. The van der Waals surface area contributed by atoms with Gasteiger partial charge in [-0.1, -0.05) is 19.1 Å². The highest BCUT2D eigenvalue weighted by Crippen LogP contribution is 1.84. The maximum atomic E-state index is 9.71. The summed E-state index contributed by atoms with van der Waals surface area (Å²) < 4.78 is 0. The molecular weight excluding hydrogens is 104 g/mol. The predicted molar refractivity (Wildman–Crippen MR) is 29.7 cm³/mol. The minimum Gasteiger partial charge on any atom is -0.247 e. The molecule has 0 bridgehead atoms. The molecule has 0 aliphatic rings. The maximum absolute atomic E-state index is 9.71. The lowest BCUT2D eigenvalue weighted by molar-refractivity contribution is -0.142. The van der Waals surface area contributed by atoms with E-state index in [4.69, 9.17) is 0 Å². The largest absolute Gasteiger partial charge is 0.359 e. The van der Waals surface area contributed by atoms with Gasteiger partial charge in [-0.3, -0.25) is 0 Å². The van der Waals surface area contributed by atoms with Crippen LogP contribution in [0.3, 0.4) is 0 Å². The fraction of sp³-hybridized carbons (Fsp3) is 0.500. The average molecular weight is 113 g/mol. The topological polar surface area (TPSA) is 37.0 Å². The molecule has 45 valence electrons. The highest BCUT2D eigenvalue weighted by molar-refractivity contribution is 5.68. The van der Waals surface area contributed by atoms with Crippen molar-refractivity contribution in [1.29, 1.82) is 0 Å². The Hall–Kier alpha value is -0.790. The third-order valence-corrected chi connectivity index (χ3v) is 0.687. The van der Waals surface area contributed by atoms with Gasteiger partial charge in [0.1, 0.15) is 0 Å². The summed E-state index contributed by atoms with van der Waals surface area (Å²) in [6.07, 6.45) is 4.31. The Morgan fingerprint density at radius 2 is 2.12 bits per heavy atom. The first-order valence-corrected chi connectivity index (χ1v) is 2.62. The van der Waals surface area contributed by atoms with E-state index in [0.717, 1.165) is 6.42 Å². The molecule has 0 N–H and O–H groups in total. The van der Waals surface area contributed by atoms with Gasteiger partial charge in [0.05, 0.1) is 6.42 Å². The first-order chi connectivity index (χ1) is 3.77. The Bertz CT molecular complexity index is 94.7. The molecule has 2 heteroatoms. The van der Waals surface area contributed by atoms with Crippen LogP contribution in [0.4, 0.5) is 0 Å². The van der Waals surface area contributed by atoms with Gasteiger partial charge in [-0.2, -0.15) is 0 Å². The minimum absolute atomic E-state index is 0.0356. The van der Waals surface area contributed by atoms with Gasteiger partial charge < -0.3 is 0 Å². The van der Waals surface area contributed by atoms with Crippen LogP contribution >= 0.6 is 0 Å². The quantitative estimate of drug-likeness (QED) is 0.508. The summed E-state index contributed by atoms with van der Waals surface area (Å²) in [6, 6.07) is 0. The predicted octanol–water partition coefficient (Wildman–Crippen LogP) is 1.30. The van der Waals surface area contributed by atoms with Gasteiger partial charge in [0.25, 0.3) is 0 Å². The van der Waals surface area contributed by atoms with Crippen molar-refractivity contribution in [2.75, 3.05) is 0 Å². The third kappa shape index (κ3) is 5.21. The van der Waals surface area contributed by atoms with Crippen molar-refractivity contribution in [3.05, 3.63) is 12.2 Å². The molecule has 2 nitrogen and oxygen atoms in total. The van der Waals surface area contributed by atoms with Crippen molar-refractivity contribution in [2.45, 2.75) is 19.8 Å². The van der Waals surface area contributed by atoms with Crippen LogP contribution in [0.15, 0.2) is 12.2 Å². The molecule has 0 aliphatic heterocycles. The molecule has 1 radical (unpaired) electrons. The number of allylic oxidation sites excluding steroid dienone is 1. The van der Waals surface area contributed by atoms with Gasteiger partial charge >= 0.3 is 5.97 Å². The molecule has 0 saturated heterocycles. The summed E-state index contributed by atoms with van der Waals surface area (Å²) in [4.78, 5) is 9.71. The van der Waals surface area contributed by atoms with Crippen LogP contribution in [-0.4, -0.2) is 5.97 Å². The monoisotopic (exact) mass is 113 g/mol. The second kappa shape index (κ2) is 4.37. The van der Waals surface area contributed by atoms with E-state index >= 15 is 0 Å². The van der Waals surface area contributed by atoms with E-state index in [9.17, 15) is 9.90 Å². The standard InChI is InChI=1S/C6H9O2/c1-2-3-4-5-6(7)8/h3-4H,2,5H2,1H3/b4-3+. The number of rotatable bonds is 3. The zero-order valence-corrected chi connectivity index (χ0v) is 4.89. The highest BCUT2D eigenvalue weighted by Gasteiger charge is 1.90. The van der Waals surface area contributed by atoms with Gasteiger partial charge in [0.2, 0.25) is 0 Å². The van der Waals surface area contributed by atoms with E-state index in [1.807, 2.05) is 6.92 Å². The van der Waals surface area contributed by atoms with E-state index < -0.39 is 5.97 Å². The Morgan fingerprint density at radius 3 is 2.50 bits per heavy atom. The van der Waals surface area contributed by atoms with Crippen LogP contribution in [0.1, 0.15) is 19.8 Å². The summed E-state index contributed by atoms with van der Waals surface area (Å²) in [6.45, 7) is 1.95. The van der Waals surface area contributed by atoms with Gasteiger partial charge in [-0.15, -0.1) is 0 Å². The lowest BCUT2D eigenvalue weighted by atomic mass is 10.3. The van der Waals surface area contributed by atoms with E-state index in [1.54, 1.807) is 12.2 Å². The summed E-state index contributed by atoms with van der Waals surface area (Å²) in [5.74, 6) is -1.02. The molecular formula is C6H9O2. The van der Waals surface area contributed by atoms with E-state index in [-0.39, 0.29) is 6.42 Å². The van der Waals surface area contributed by atoms with Crippen LogP contribution in [0.2, 0.25) is 0 Å². The number of hydrogen-bond donors (Lipinski definition) is 0. The normalized spacial score (nSPS) is 10.1. The molecule has 0 heterocycles. The van der Waals surface area contributed by atoms with Crippen molar-refractivity contribution in [3.8, 4) is 0 Å². The van der Waals surface area contributed by atoms with Crippen LogP contribution in [0, 0.1) is 0 Å². The lowest BCUT2D eigenvalue weighted by Gasteiger charge is -1.76. The average Bonchev–Trinajstić information content (AvgIpc) is 1.66. The molecule has 0 fully saturated rings. The molecule has 0 spiro atoms. The van der Waals surface area contributed by atoms with Gasteiger partial charge in [-0.25, -0.2) is 9.90 Å². The van der Waals surface area contributed by atoms with Crippen molar-refractivity contribution in [1.82, 2.24) is 0 Å². The summed E-state index contributed by atoms with van der Waals surface area (Å²) >= 11 is 0. The molecule has 0 aliphatic carbocycles. The van der Waals surface area contributed by atoms with Gasteiger partial charge in [0, 0.05) is 0 Å². The summed E-state index contributed by atoms with van der Waals surface area (Å²) in [7, 11) is 0. The van der Waals surface area contributed by atoms with Crippen molar-refractivity contribution >= 4 is 5.97 Å². The molecule has 0 aromatic heterocycles. The van der Waals surface area contributed by atoms with Crippen molar-refractivity contribution < 1.29 is 9.90 Å². The first kappa shape index (κ1) is 7.21. The van der Waals surface area contributed by atoms with Gasteiger partial charge in [0.15, 0.2) is 0 Å². The number of carbonyl (C=O) groups excluding carboxylic acids is 1.